The number of carbonyl (C=O) groups is 1. The quantitative estimate of drug-likeness (QED) is 0.582. The van der Waals surface area contributed by atoms with Crippen LogP contribution in [0.25, 0.3) is 0 Å². The molecule has 0 bridgehead atoms. The number of unbranched alkanes of at least 4 members (excludes halogenated alkanes) is 2. The van der Waals surface area contributed by atoms with E-state index in [0.29, 0.717) is 18.7 Å². The van der Waals surface area contributed by atoms with Gasteiger partial charge in [0, 0.05) is 17.7 Å². The van der Waals surface area contributed by atoms with Gasteiger partial charge in [0.05, 0.1) is 7.11 Å². The van der Waals surface area contributed by atoms with E-state index in [2.05, 4.69) is 39.1 Å². The summed E-state index contributed by atoms with van der Waals surface area (Å²) in [6.45, 7) is 9.68. The summed E-state index contributed by atoms with van der Waals surface area (Å²) in [6.07, 6.45) is 3.25. The summed E-state index contributed by atoms with van der Waals surface area (Å²) in [5, 5.41) is 2.98. The lowest BCUT2D eigenvalue weighted by Gasteiger charge is -2.23. The Balaban J connectivity index is 2.14. The van der Waals surface area contributed by atoms with E-state index in [1.165, 1.54) is 0 Å². The topological polar surface area (TPSA) is 47.6 Å². The number of rotatable bonds is 9. The average Bonchev–Trinajstić information content (AvgIpc) is 2.68. The Morgan fingerprint density at radius 2 is 1.79 bits per heavy atom. The minimum absolute atomic E-state index is 0.0130. The molecule has 1 N–H and O–H groups in total. The van der Waals surface area contributed by atoms with Gasteiger partial charge in [-0.1, -0.05) is 58.7 Å². The summed E-state index contributed by atoms with van der Waals surface area (Å²) in [6, 6.07) is 13.5. The van der Waals surface area contributed by atoms with E-state index in [0.717, 1.165) is 41.9 Å². The van der Waals surface area contributed by atoms with Gasteiger partial charge in [-0.15, -0.1) is 0 Å². The molecular formula is C24H33NO3. The van der Waals surface area contributed by atoms with Gasteiger partial charge in [0.15, 0.2) is 0 Å². The molecule has 0 atom stereocenters. The Hall–Kier alpha value is -2.49. The van der Waals surface area contributed by atoms with Crippen molar-refractivity contribution in [3.8, 4) is 11.5 Å². The third-order valence-corrected chi connectivity index (χ3v) is 4.69. The van der Waals surface area contributed by atoms with Gasteiger partial charge in [-0.2, -0.15) is 0 Å². The molecule has 2 rings (SSSR count). The standard InChI is InChI=1S/C24H33NO3/c1-6-7-10-15-25-23(26)18-13-14-21(27-5)19(16-18)17-28-22-12-9-8-11-20(22)24(2,3)4/h8-9,11-14,16H,6-7,10,15,17H2,1-5H3,(H,25,26). The van der Waals surface area contributed by atoms with E-state index in [1.54, 1.807) is 13.2 Å². The number of para-hydroxylation sites is 1. The van der Waals surface area contributed by atoms with Crippen LogP contribution >= 0.6 is 0 Å². The summed E-state index contributed by atoms with van der Waals surface area (Å²) in [5.41, 5.74) is 2.62. The van der Waals surface area contributed by atoms with Crippen LogP contribution in [0.2, 0.25) is 0 Å². The van der Waals surface area contributed by atoms with Gasteiger partial charge in [-0.3, -0.25) is 4.79 Å². The lowest BCUT2D eigenvalue weighted by molar-refractivity contribution is 0.0952. The normalized spacial score (nSPS) is 11.2. The molecule has 0 saturated heterocycles. The molecule has 0 aliphatic carbocycles. The first-order chi connectivity index (χ1) is 13.4. The highest BCUT2D eigenvalue weighted by molar-refractivity contribution is 5.94. The van der Waals surface area contributed by atoms with E-state index in [4.69, 9.17) is 9.47 Å². The summed E-state index contributed by atoms with van der Waals surface area (Å²) >= 11 is 0. The van der Waals surface area contributed by atoms with Crippen molar-refractivity contribution in [2.75, 3.05) is 13.7 Å². The van der Waals surface area contributed by atoms with Gasteiger partial charge in [-0.05, 0) is 41.7 Å². The highest BCUT2D eigenvalue weighted by Gasteiger charge is 2.19. The maximum Gasteiger partial charge on any atom is 0.251 e. The van der Waals surface area contributed by atoms with Crippen LogP contribution in [0.1, 0.15) is 68.4 Å². The van der Waals surface area contributed by atoms with Crippen LogP contribution in [0.15, 0.2) is 42.5 Å². The molecule has 2 aromatic carbocycles. The van der Waals surface area contributed by atoms with Crippen LogP contribution in [-0.4, -0.2) is 19.6 Å². The van der Waals surface area contributed by atoms with Crippen molar-refractivity contribution in [1.82, 2.24) is 5.32 Å². The third-order valence-electron chi connectivity index (χ3n) is 4.69. The molecule has 152 valence electrons. The Labute approximate surface area is 169 Å². The first-order valence-corrected chi connectivity index (χ1v) is 10.0. The zero-order valence-electron chi connectivity index (χ0n) is 17.8. The maximum absolute atomic E-state index is 12.4. The third kappa shape index (κ3) is 6.01. The van der Waals surface area contributed by atoms with Gasteiger partial charge < -0.3 is 14.8 Å². The summed E-state index contributed by atoms with van der Waals surface area (Å²) < 4.78 is 11.6. The second kappa shape index (κ2) is 10.2. The van der Waals surface area contributed by atoms with Crippen LogP contribution in [0, 0.1) is 0 Å². The number of nitrogens with one attached hydrogen (secondary N) is 1. The largest absolute Gasteiger partial charge is 0.496 e. The smallest absolute Gasteiger partial charge is 0.251 e. The van der Waals surface area contributed by atoms with Gasteiger partial charge in [0.2, 0.25) is 0 Å². The summed E-state index contributed by atoms with van der Waals surface area (Å²) in [5.74, 6) is 1.51. The molecule has 0 heterocycles. The molecule has 0 spiro atoms. The fourth-order valence-electron chi connectivity index (χ4n) is 3.08. The summed E-state index contributed by atoms with van der Waals surface area (Å²) in [7, 11) is 1.63. The molecule has 0 aromatic heterocycles. The highest BCUT2D eigenvalue weighted by Crippen LogP contribution is 2.32. The Kier molecular flexibility index (Phi) is 7.91. The Morgan fingerprint density at radius 1 is 1.04 bits per heavy atom. The molecule has 4 heteroatoms. The molecule has 0 unspecified atom stereocenters. The fourth-order valence-corrected chi connectivity index (χ4v) is 3.08. The molecule has 28 heavy (non-hydrogen) atoms. The van der Waals surface area contributed by atoms with Crippen molar-refractivity contribution in [1.29, 1.82) is 0 Å². The van der Waals surface area contributed by atoms with Crippen LogP contribution in [0.5, 0.6) is 11.5 Å². The van der Waals surface area contributed by atoms with Crippen molar-refractivity contribution in [2.45, 2.75) is 59.0 Å². The highest BCUT2D eigenvalue weighted by atomic mass is 16.5. The minimum atomic E-state index is -0.0601. The number of ether oxygens (including phenoxy) is 2. The van der Waals surface area contributed by atoms with Gasteiger partial charge in [-0.25, -0.2) is 0 Å². The SMILES string of the molecule is CCCCCNC(=O)c1ccc(OC)c(COc2ccccc2C(C)(C)C)c1. The van der Waals surface area contributed by atoms with Crippen molar-refractivity contribution in [2.24, 2.45) is 0 Å². The number of benzene rings is 2. The molecule has 0 radical (unpaired) electrons. The monoisotopic (exact) mass is 383 g/mol. The molecule has 1 amide bonds. The zero-order valence-corrected chi connectivity index (χ0v) is 17.8. The van der Waals surface area contributed by atoms with E-state index >= 15 is 0 Å². The Bertz CT molecular complexity index is 778. The predicted molar refractivity (Wildman–Crippen MR) is 114 cm³/mol. The zero-order chi connectivity index (χ0) is 20.6. The lowest BCUT2D eigenvalue weighted by atomic mass is 9.86. The number of hydrogen-bond donors (Lipinski definition) is 1. The van der Waals surface area contributed by atoms with Crippen molar-refractivity contribution in [3.05, 3.63) is 59.2 Å². The summed E-state index contributed by atoms with van der Waals surface area (Å²) in [4.78, 5) is 12.4. The van der Waals surface area contributed by atoms with Gasteiger partial charge in [0.1, 0.15) is 18.1 Å². The van der Waals surface area contributed by atoms with Crippen LogP contribution < -0.4 is 14.8 Å². The first-order valence-electron chi connectivity index (χ1n) is 10.0. The van der Waals surface area contributed by atoms with E-state index in [1.807, 2.05) is 30.3 Å². The van der Waals surface area contributed by atoms with Crippen LogP contribution in [-0.2, 0) is 12.0 Å². The van der Waals surface area contributed by atoms with Gasteiger partial charge in [0.25, 0.3) is 5.91 Å². The lowest BCUT2D eigenvalue weighted by Crippen LogP contribution is -2.24. The minimum Gasteiger partial charge on any atom is -0.496 e. The van der Waals surface area contributed by atoms with E-state index in [9.17, 15) is 4.79 Å². The second-order valence-electron chi connectivity index (χ2n) is 8.02. The maximum atomic E-state index is 12.4. The molecule has 2 aromatic rings. The van der Waals surface area contributed by atoms with Crippen LogP contribution in [0.4, 0.5) is 0 Å². The molecule has 4 nitrogen and oxygen atoms in total. The number of hydrogen-bond acceptors (Lipinski definition) is 3. The molecule has 0 aliphatic rings. The molecule has 0 aliphatic heterocycles. The van der Waals surface area contributed by atoms with Crippen molar-refractivity contribution < 1.29 is 14.3 Å². The molecular weight excluding hydrogens is 350 g/mol. The van der Waals surface area contributed by atoms with Crippen molar-refractivity contribution >= 4 is 5.91 Å². The van der Waals surface area contributed by atoms with Crippen molar-refractivity contribution in [3.63, 3.8) is 0 Å². The number of amides is 1. The number of methoxy groups -OCH3 is 1. The second-order valence-corrected chi connectivity index (χ2v) is 8.02. The average molecular weight is 384 g/mol. The Morgan fingerprint density at radius 3 is 2.46 bits per heavy atom. The molecule has 0 fully saturated rings. The first kappa shape index (κ1) is 21.8. The van der Waals surface area contributed by atoms with E-state index in [-0.39, 0.29) is 11.3 Å². The van der Waals surface area contributed by atoms with Gasteiger partial charge >= 0.3 is 0 Å². The van der Waals surface area contributed by atoms with Crippen LogP contribution in [0.3, 0.4) is 0 Å². The molecule has 0 saturated carbocycles. The fraction of sp³-hybridized carbons (Fsp3) is 0.458. The predicted octanol–water partition coefficient (Wildman–Crippen LogP) is 5.49. The van der Waals surface area contributed by atoms with E-state index < -0.39 is 0 Å². The number of carbonyl (C=O) groups excluding carboxylic acids is 1.